The van der Waals surface area contributed by atoms with Crippen LogP contribution in [0.2, 0.25) is 5.02 Å². The Morgan fingerprint density at radius 3 is 2.95 bits per heavy atom. The number of amides is 1. The summed E-state index contributed by atoms with van der Waals surface area (Å²) in [5.41, 5.74) is 1.82. The van der Waals surface area contributed by atoms with Crippen molar-refractivity contribution in [3.05, 3.63) is 58.6 Å². The third-order valence-corrected chi connectivity index (χ3v) is 3.53. The fourth-order valence-corrected chi connectivity index (χ4v) is 2.46. The monoisotopic (exact) mass is 298 g/mol. The smallest absolute Gasteiger partial charge is 0.265 e. The van der Waals surface area contributed by atoms with Gasteiger partial charge < -0.3 is 10.1 Å². The first-order valence-corrected chi connectivity index (χ1v) is 6.80. The van der Waals surface area contributed by atoms with Crippen LogP contribution < -0.4 is 10.1 Å². The summed E-state index contributed by atoms with van der Waals surface area (Å²) in [6.07, 6.45) is -0.138. The summed E-state index contributed by atoms with van der Waals surface area (Å²) in [6.45, 7) is 0. The second kappa shape index (κ2) is 5.47. The number of hydrogen-bond donors (Lipinski definition) is 1. The molecule has 0 bridgehead atoms. The van der Waals surface area contributed by atoms with E-state index in [1.54, 1.807) is 42.5 Å². The van der Waals surface area contributed by atoms with E-state index in [2.05, 4.69) is 5.32 Å². The van der Waals surface area contributed by atoms with Gasteiger partial charge in [0.15, 0.2) is 6.10 Å². The summed E-state index contributed by atoms with van der Waals surface area (Å²) in [5.74, 6) is 0.401. The molecule has 104 valence electrons. The lowest BCUT2D eigenvalue weighted by molar-refractivity contribution is -0.122. The number of nitriles is 1. The Morgan fingerprint density at radius 1 is 1.33 bits per heavy atom. The van der Waals surface area contributed by atoms with Gasteiger partial charge in [0.1, 0.15) is 11.8 Å². The van der Waals surface area contributed by atoms with Gasteiger partial charge in [-0.2, -0.15) is 5.26 Å². The van der Waals surface area contributed by atoms with E-state index < -0.39 is 6.10 Å². The Balaban J connectivity index is 1.75. The zero-order valence-electron chi connectivity index (χ0n) is 11.0. The molecule has 1 atom stereocenters. The fourth-order valence-electron chi connectivity index (χ4n) is 2.27. The Labute approximate surface area is 126 Å². The number of nitrogens with zero attached hydrogens (tertiary/aromatic N) is 1. The van der Waals surface area contributed by atoms with Crippen LogP contribution in [-0.4, -0.2) is 12.0 Å². The lowest BCUT2D eigenvalue weighted by Gasteiger charge is -2.12. The molecule has 21 heavy (non-hydrogen) atoms. The van der Waals surface area contributed by atoms with Crippen molar-refractivity contribution in [2.24, 2.45) is 0 Å². The van der Waals surface area contributed by atoms with Crippen LogP contribution in [0.5, 0.6) is 5.75 Å². The molecule has 1 aliphatic rings. The predicted molar refractivity (Wildman–Crippen MR) is 79.4 cm³/mol. The van der Waals surface area contributed by atoms with Crippen LogP contribution in [0.15, 0.2) is 42.5 Å². The standard InChI is InChI=1S/C16H11ClN2O2/c17-12-5-6-14-11(7-12)8-15(21-14)16(20)19-13-4-2-1-3-10(13)9-18/h1-7,15H,8H2,(H,19,20). The van der Waals surface area contributed by atoms with Crippen molar-refractivity contribution < 1.29 is 9.53 Å². The highest BCUT2D eigenvalue weighted by Gasteiger charge is 2.29. The molecule has 1 amide bonds. The molecule has 0 fully saturated rings. The van der Waals surface area contributed by atoms with Crippen molar-refractivity contribution in [2.75, 3.05) is 5.32 Å². The third kappa shape index (κ3) is 2.69. The van der Waals surface area contributed by atoms with Crippen LogP contribution in [0.3, 0.4) is 0 Å². The summed E-state index contributed by atoms with van der Waals surface area (Å²) in [5, 5.41) is 12.4. The van der Waals surface area contributed by atoms with Crippen LogP contribution in [-0.2, 0) is 11.2 Å². The predicted octanol–water partition coefficient (Wildman–Crippen LogP) is 3.15. The highest BCUT2D eigenvalue weighted by Crippen LogP contribution is 2.31. The summed E-state index contributed by atoms with van der Waals surface area (Å²) in [6, 6.07) is 14.2. The minimum absolute atomic E-state index is 0.273. The number of hydrogen-bond acceptors (Lipinski definition) is 3. The number of nitrogens with one attached hydrogen (secondary N) is 1. The van der Waals surface area contributed by atoms with Crippen LogP contribution in [0.4, 0.5) is 5.69 Å². The van der Waals surface area contributed by atoms with Gasteiger partial charge in [0, 0.05) is 11.4 Å². The number of carbonyl (C=O) groups excluding carboxylic acids is 1. The maximum atomic E-state index is 12.3. The zero-order chi connectivity index (χ0) is 14.8. The average Bonchev–Trinajstić information content (AvgIpc) is 2.91. The first-order chi connectivity index (χ1) is 10.2. The molecule has 2 aromatic carbocycles. The fraction of sp³-hybridized carbons (Fsp3) is 0.125. The van der Waals surface area contributed by atoms with E-state index in [0.29, 0.717) is 28.4 Å². The van der Waals surface area contributed by atoms with Gasteiger partial charge in [-0.15, -0.1) is 0 Å². The van der Waals surface area contributed by atoms with Gasteiger partial charge in [-0.3, -0.25) is 4.79 Å². The van der Waals surface area contributed by atoms with Gasteiger partial charge in [-0.1, -0.05) is 23.7 Å². The van der Waals surface area contributed by atoms with Crippen molar-refractivity contribution in [2.45, 2.75) is 12.5 Å². The lowest BCUT2D eigenvalue weighted by atomic mass is 10.1. The van der Waals surface area contributed by atoms with Gasteiger partial charge in [0.05, 0.1) is 11.3 Å². The number of carbonyl (C=O) groups is 1. The van der Waals surface area contributed by atoms with E-state index in [0.717, 1.165) is 5.56 Å². The molecule has 1 heterocycles. The molecule has 0 saturated carbocycles. The van der Waals surface area contributed by atoms with Crippen LogP contribution in [0.1, 0.15) is 11.1 Å². The Morgan fingerprint density at radius 2 is 2.14 bits per heavy atom. The van der Waals surface area contributed by atoms with Crippen molar-refractivity contribution in [3.8, 4) is 11.8 Å². The molecule has 2 aromatic rings. The van der Waals surface area contributed by atoms with E-state index in [9.17, 15) is 4.79 Å². The minimum atomic E-state index is -0.606. The molecule has 0 saturated heterocycles. The average molecular weight is 299 g/mol. The lowest BCUT2D eigenvalue weighted by Crippen LogP contribution is -2.31. The van der Waals surface area contributed by atoms with Crippen LogP contribution in [0, 0.1) is 11.3 Å². The number of ether oxygens (including phenoxy) is 1. The summed E-state index contributed by atoms with van der Waals surface area (Å²) in [7, 11) is 0. The third-order valence-electron chi connectivity index (χ3n) is 3.29. The van der Waals surface area contributed by atoms with Gasteiger partial charge in [-0.25, -0.2) is 0 Å². The minimum Gasteiger partial charge on any atom is -0.480 e. The van der Waals surface area contributed by atoms with Gasteiger partial charge in [0.25, 0.3) is 5.91 Å². The zero-order valence-corrected chi connectivity index (χ0v) is 11.7. The van der Waals surface area contributed by atoms with Crippen molar-refractivity contribution in [1.82, 2.24) is 0 Å². The van der Waals surface area contributed by atoms with E-state index in [-0.39, 0.29) is 5.91 Å². The molecular formula is C16H11ClN2O2. The van der Waals surface area contributed by atoms with Crippen molar-refractivity contribution >= 4 is 23.2 Å². The molecule has 1 unspecified atom stereocenters. The summed E-state index contributed by atoms with van der Waals surface area (Å²) >= 11 is 5.93. The van der Waals surface area contributed by atoms with Crippen LogP contribution >= 0.6 is 11.6 Å². The molecule has 3 rings (SSSR count). The second-order valence-corrected chi connectivity index (χ2v) is 5.15. The largest absolute Gasteiger partial charge is 0.480 e. The highest BCUT2D eigenvalue weighted by molar-refractivity contribution is 6.30. The van der Waals surface area contributed by atoms with E-state index in [1.807, 2.05) is 6.07 Å². The van der Waals surface area contributed by atoms with Gasteiger partial charge in [0.2, 0.25) is 0 Å². The van der Waals surface area contributed by atoms with E-state index in [4.69, 9.17) is 21.6 Å². The number of benzene rings is 2. The Hall–Kier alpha value is -2.51. The molecule has 5 heteroatoms. The Kier molecular flexibility index (Phi) is 3.51. The van der Waals surface area contributed by atoms with Gasteiger partial charge in [-0.05, 0) is 35.9 Å². The molecule has 1 N–H and O–H groups in total. The number of fused-ring (bicyclic) bond motifs is 1. The molecule has 0 spiro atoms. The summed E-state index contributed by atoms with van der Waals surface area (Å²) in [4.78, 5) is 12.3. The molecule has 1 aliphatic heterocycles. The Bertz CT molecular complexity index is 752. The number of halogens is 1. The number of para-hydroxylation sites is 1. The number of rotatable bonds is 2. The SMILES string of the molecule is N#Cc1ccccc1NC(=O)C1Cc2cc(Cl)ccc2O1. The molecule has 0 radical (unpaired) electrons. The van der Waals surface area contributed by atoms with Crippen LogP contribution in [0.25, 0.3) is 0 Å². The van der Waals surface area contributed by atoms with Crippen molar-refractivity contribution in [1.29, 1.82) is 5.26 Å². The first kappa shape index (κ1) is 13.5. The summed E-state index contributed by atoms with van der Waals surface area (Å²) < 4.78 is 5.62. The maximum Gasteiger partial charge on any atom is 0.265 e. The molecule has 0 aromatic heterocycles. The quantitative estimate of drug-likeness (QED) is 0.926. The van der Waals surface area contributed by atoms with Gasteiger partial charge >= 0.3 is 0 Å². The maximum absolute atomic E-state index is 12.3. The molecule has 0 aliphatic carbocycles. The number of anilines is 1. The highest BCUT2D eigenvalue weighted by atomic mass is 35.5. The molecular weight excluding hydrogens is 288 g/mol. The van der Waals surface area contributed by atoms with E-state index in [1.165, 1.54) is 0 Å². The normalized spacial score (nSPS) is 15.7. The second-order valence-electron chi connectivity index (χ2n) is 4.71. The van der Waals surface area contributed by atoms with Crippen molar-refractivity contribution in [3.63, 3.8) is 0 Å². The first-order valence-electron chi connectivity index (χ1n) is 6.42. The topological polar surface area (TPSA) is 62.1 Å². The molecule has 4 nitrogen and oxygen atoms in total. The van der Waals surface area contributed by atoms with E-state index >= 15 is 0 Å².